The van der Waals surface area contributed by atoms with Crippen molar-refractivity contribution >= 4 is 34.5 Å². The van der Waals surface area contributed by atoms with Crippen LogP contribution in [0.2, 0.25) is 0 Å². The van der Waals surface area contributed by atoms with Gasteiger partial charge in [-0.3, -0.25) is 14.6 Å². The van der Waals surface area contributed by atoms with Crippen LogP contribution in [0.15, 0.2) is 30.3 Å². The number of carboxylic acids is 1. The summed E-state index contributed by atoms with van der Waals surface area (Å²) in [5, 5.41) is 12.3. The summed E-state index contributed by atoms with van der Waals surface area (Å²) >= 11 is 1.28. The number of nitrogens with one attached hydrogen (secondary N) is 1. The fraction of sp³-hybridized carbons (Fsp3) is 0.353. The smallest absolute Gasteiger partial charge is 0.313 e. The largest absolute Gasteiger partial charge is 0.481 e. The normalized spacial score (nSPS) is 10.9. The fourth-order valence-corrected chi connectivity index (χ4v) is 2.74. The molecule has 0 aliphatic carbocycles. The van der Waals surface area contributed by atoms with E-state index in [-0.39, 0.29) is 17.6 Å². The molecule has 0 atom stereocenters. The third-order valence-electron chi connectivity index (χ3n) is 3.33. The molecule has 2 N–H and O–H groups in total. The number of para-hydroxylation sites is 1. The zero-order valence-corrected chi connectivity index (χ0v) is 14.0. The number of benzene rings is 1. The Hall–Kier alpha value is -2.08. The predicted molar refractivity (Wildman–Crippen MR) is 93.1 cm³/mol. The molecule has 0 saturated carbocycles. The van der Waals surface area contributed by atoms with Crippen LogP contribution in [-0.2, 0) is 4.79 Å². The van der Waals surface area contributed by atoms with E-state index in [1.807, 2.05) is 44.2 Å². The minimum Gasteiger partial charge on any atom is -0.481 e. The summed E-state index contributed by atoms with van der Waals surface area (Å²) in [6.07, 6.45) is 0. The first-order valence-electron chi connectivity index (χ1n) is 7.46. The van der Waals surface area contributed by atoms with E-state index in [4.69, 9.17) is 5.11 Å². The number of thioether (sulfide) groups is 1. The highest BCUT2D eigenvalue weighted by molar-refractivity contribution is 7.99. The van der Waals surface area contributed by atoms with Crippen LogP contribution in [0.5, 0.6) is 0 Å². The number of nitrogens with zero attached hydrogens (tertiary/aromatic N) is 1. The maximum Gasteiger partial charge on any atom is 0.313 e. The first-order chi connectivity index (χ1) is 11.0. The fourth-order valence-electron chi connectivity index (χ4n) is 2.17. The molecule has 2 aromatic rings. The molecular formula is C17H20N2O3S. The van der Waals surface area contributed by atoms with E-state index in [0.717, 1.165) is 16.6 Å². The van der Waals surface area contributed by atoms with Gasteiger partial charge in [0.2, 0.25) is 0 Å². The maximum atomic E-state index is 12.5. The van der Waals surface area contributed by atoms with Crippen molar-refractivity contribution in [3.05, 3.63) is 41.6 Å². The topological polar surface area (TPSA) is 79.3 Å². The summed E-state index contributed by atoms with van der Waals surface area (Å²) in [7, 11) is 0. The first-order valence-corrected chi connectivity index (χ1v) is 8.62. The van der Waals surface area contributed by atoms with E-state index in [1.54, 1.807) is 0 Å². The molecule has 0 aliphatic rings. The molecule has 1 amide bonds. The number of hydrogen-bond donors (Lipinski definition) is 2. The van der Waals surface area contributed by atoms with Gasteiger partial charge in [-0.05, 0) is 18.1 Å². The van der Waals surface area contributed by atoms with Crippen LogP contribution >= 0.6 is 11.8 Å². The van der Waals surface area contributed by atoms with Crippen molar-refractivity contribution in [3.8, 4) is 0 Å². The van der Waals surface area contributed by atoms with E-state index >= 15 is 0 Å². The first kappa shape index (κ1) is 17.3. The summed E-state index contributed by atoms with van der Waals surface area (Å²) in [4.78, 5) is 27.5. The minimum atomic E-state index is -0.844. The van der Waals surface area contributed by atoms with Crippen LogP contribution in [0.25, 0.3) is 10.9 Å². The van der Waals surface area contributed by atoms with Crippen molar-refractivity contribution in [1.29, 1.82) is 0 Å². The van der Waals surface area contributed by atoms with E-state index < -0.39 is 5.97 Å². The maximum absolute atomic E-state index is 12.5. The number of amides is 1. The van der Waals surface area contributed by atoms with Crippen LogP contribution in [0.4, 0.5) is 0 Å². The molecule has 0 saturated heterocycles. The SMILES string of the molecule is CC(C)c1cc(C(=O)NCCSCC(=O)O)c2ccccc2n1. The van der Waals surface area contributed by atoms with Gasteiger partial charge >= 0.3 is 5.97 Å². The van der Waals surface area contributed by atoms with Gasteiger partial charge in [-0.1, -0.05) is 32.0 Å². The number of carbonyl (C=O) groups is 2. The Morgan fingerprint density at radius 2 is 2.04 bits per heavy atom. The van der Waals surface area contributed by atoms with Gasteiger partial charge in [-0.25, -0.2) is 0 Å². The molecule has 1 heterocycles. The molecule has 0 unspecified atom stereocenters. The van der Waals surface area contributed by atoms with Crippen molar-refractivity contribution < 1.29 is 14.7 Å². The average Bonchev–Trinajstić information content (AvgIpc) is 2.52. The lowest BCUT2D eigenvalue weighted by Gasteiger charge is -2.12. The van der Waals surface area contributed by atoms with Crippen molar-refractivity contribution in [3.63, 3.8) is 0 Å². The predicted octanol–water partition coefficient (Wildman–Crippen LogP) is 2.91. The summed E-state index contributed by atoms with van der Waals surface area (Å²) in [6, 6.07) is 9.43. The summed E-state index contributed by atoms with van der Waals surface area (Å²) in [5.74, 6) is -0.148. The average molecular weight is 332 g/mol. The van der Waals surface area contributed by atoms with Gasteiger partial charge in [0.05, 0.1) is 16.8 Å². The van der Waals surface area contributed by atoms with Crippen LogP contribution in [0, 0.1) is 0 Å². The summed E-state index contributed by atoms with van der Waals surface area (Å²) < 4.78 is 0. The number of rotatable bonds is 7. The highest BCUT2D eigenvalue weighted by atomic mass is 32.2. The van der Waals surface area contributed by atoms with Gasteiger partial charge in [0.25, 0.3) is 5.91 Å². The summed E-state index contributed by atoms with van der Waals surface area (Å²) in [5.41, 5.74) is 2.31. The number of fused-ring (bicyclic) bond motifs is 1. The molecular weight excluding hydrogens is 312 g/mol. The van der Waals surface area contributed by atoms with E-state index in [2.05, 4.69) is 10.3 Å². The standard InChI is InChI=1S/C17H20N2O3S/c1-11(2)15-9-13(12-5-3-4-6-14(12)19-15)17(22)18-7-8-23-10-16(20)21/h3-6,9,11H,7-8,10H2,1-2H3,(H,18,22)(H,20,21). The Bertz CT molecular complexity index is 716. The Labute approximate surface area is 139 Å². The van der Waals surface area contributed by atoms with Crippen molar-refractivity contribution in [2.24, 2.45) is 0 Å². The molecule has 1 aromatic heterocycles. The third kappa shape index (κ3) is 4.69. The Morgan fingerprint density at radius 1 is 1.30 bits per heavy atom. The number of aromatic nitrogens is 1. The van der Waals surface area contributed by atoms with E-state index in [0.29, 0.717) is 17.9 Å². The molecule has 122 valence electrons. The van der Waals surface area contributed by atoms with Crippen LogP contribution in [0.1, 0.15) is 35.8 Å². The lowest BCUT2D eigenvalue weighted by molar-refractivity contribution is -0.133. The Balaban J connectivity index is 2.14. The Kier molecular flexibility index (Phi) is 5.98. The monoisotopic (exact) mass is 332 g/mol. The van der Waals surface area contributed by atoms with Crippen molar-refractivity contribution in [2.75, 3.05) is 18.1 Å². The van der Waals surface area contributed by atoms with Crippen LogP contribution < -0.4 is 5.32 Å². The van der Waals surface area contributed by atoms with Gasteiger partial charge in [-0.2, -0.15) is 0 Å². The quantitative estimate of drug-likeness (QED) is 0.762. The van der Waals surface area contributed by atoms with Gasteiger partial charge in [0.1, 0.15) is 0 Å². The number of pyridine rings is 1. The van der Waals surface area contributed by atoms with Crippen molar-refractivity contribution in [2.45, 2.75) is 19.8 Å². The second-order valence-electron chi connectivity index (χ2n) is 5.47. The number of aliphatic carboxylic acids is 1. The molecule has 5 nitrogen and oxygen atoms in total. The summed E-state index contributed by atoms with van der Waals surface area (Å²) in [6.45, 7) is 4.52. The third-order valence-corrected chi connectivity index (χ3v) is 4.27. The molecule has 23 heavy (non-hydrogen) atoms. The van der Waals surface area contributed by atoms with E-state index in [1.165, 1.54) is 11.8 Å². The molecule has 0 fully saturated rings. The molecule has 2 rings (SSSR count). The molecule has 6 heteroatoms. The van der Waals surface area contributed by atoms with E-state index in [9.17, 15) is 9.59 Å². The van der Waals surface area contributed by atoms with Gasteiger partial charge in [-0.15, -0.1) is 11.8 Å². The lowest BCUT2D eigenvalue weighted by Crippen LogP contribution is -2.26. The second-order valence-corrected chi connectivity index (χ2v) is 6.57. The molecule has 0 bridgehead atoms. The molecule has 1 aromatic carbocycles. The number of hydrogen-bond acceptors (Lipinski definition) is 4. The number of carboxylic acid groups (broad SMARTS) is 1. The van der Waals surface area contributed by atoms with Crippen LogP contribution in [0.3, 0.4) is 0 Å². The zero-order valence-electron chi connectivity index (χ0n) is 13.2. The van der Waals surface area contributed by atoms with Gasteiger partial charge in [0.15, 0.2) is 0 Å². The highest BCUT2D eigenvalue weighted by Gasteiger charge is 2.14. The molecule has 0 radical (unpaired) electrons. The zero-order chi connectivity index (χ0) is 16.8. The van der Waals surface area contributed by atoms with Crippen molar-refractivity contribution in [1.82, 2.24) is 10.3 Å². The second kappa shape index (κ2) is 7.97. The number of carbonyl (C=O) groups excluding carboxylic acids is 1. The minimum absolute atomic E-state index is 0.0472. The Morgan fingerprint density at radius 3 is 2.74 bits per heavy atom. The van der Waals surface area contributed by atoms with Crippen LogP contribution in [-0.4, -0.2) is 40.0 Å². The molecule has 0 spiro atoms. The highest BCUT2D eigenvalue weighted by Crippen LogP contribution is 2.22. The lowest BCUT2D eigenvalue weighted by atomic mass is 10.0. The van der Waals surface area contributed by atoms with Gasteiger partial charge in [0, 0.05) is 23.4 Å². The molecule has 0 aliphatic heterocycles. The van der Waals surface area contributed by atoms with Gasteiger partial charge < -0.3 is 10.4 Å².